The molecular weight excluding hydrogens is 377 g/mol. The summed E-state index contributed by atoms with van der Waals surface area (Å²) in [6, 6.07) is 16.2. The highest BCUT2D eigenvalue weighted by atomic mass is 35.5. The van der Waals surface area contributed by atoms with Crippen molar-refractivity contribution < 1.29 is 9.18 Å². The lowest BCUT2D eigenvalue weighted by atomic mass is 9.89. The van der Waals surface area contributed by atoms with Crippen molar-refractivity contribution in [2.45, 2.75) is 6.04 Å². The SMILES string of the molecule is Cl.O=C(c1cnc2ccccc2c1)N1C[C@@H]2CNC[C@@H]2[C@H]1c1cccc(F)c1. The molecule has 28 heavy (non-hydrogen) atoms. The quantitative estimate of drug-likeness (QED) is 0.714. The summed E-state index contributed by atoms with van der Waals surface area (Å²) >= 11 is 0. The van der Waals surface area contributed by atoms with Gasteiger partial charge in [-0.3, -0.25) is 9.78 Å². The Morgan fingerprint density at radius 2 is 1.96 bits per heavy atom. The number of nitrogens with one attached hydrogen (secondary N) is 1. The fourth-order valence-corrected chi connectivity index (χ4v) is 4.60. The third-order valence-corrected chi connectivity index (χ3v) is 5.85. The summed E-state index contributed by atoms with van der Waals surface area (Å²) in [5.41, 5.74) is 2.33. The summed E-state index contributed by atoms with van der Waals surface area (Å²) < 4.78 is 13.9. The highest BCUT2D eigenvalue weighted by Gasteiger charge is 2.47. The van der Waals surface area contributed by atoms with Gasteiger partial charge in [-0.05, 0) is 35.7 Å². The van der Waals surface area contributed by atoms with Crippen LogP contribution in [0.5, 0.6) is 0 Å². The summed E-state index contributed by atoms with van der Waals surface area (Å²) in [4.78, 5) is 19.7. The van der Waals surface area contributed by atoms with E-state index >= 15 is 0 Å². The van der Waals surface area contributed by atoms with Crippen LogP contribution in [0.1, 0.15) is 22.0 Å². The summed E-state index contributed by atoms with van der Waals surface area (Å²) in [7, 11) is 0. The molecule has 3 aromatic rings. The fraction of sp³-hybridized carbons (Fsp3) is 0.273. The molecule has 0 aliphatic carbocycles. The average molecular weight is 398 g/mol. The van der Waals surface area contributed by atoms with Gasteiger partial charge >= 0.3 is 0 Å². The Kier molecular flexibility index (Phi) is 5.04. The zero-order valence-electron chi connectivity index (χ0n) is 15.2. The van der Waals surface area contributed by atoms with Gasteiger partial charge in [0, 0.05) is 37.1 Å². The monoisotopic (exact) mass is 397 g/mol. The lowest BCUT2D eigenvalue weighted by Crippen LogP contribution is -2.34. The third-order valence-electron chi connectivity index (χ3n) is 5.85. The van der Waals surface area contributed by atoms with Crippen LogP contribution in [-0.4, -0.2) is 35.4 Å². The Morgan fingerprint density at radius 1 is 1.11 bits per heavy atom. The summed E-state index contributed by atoms with van der Waals surface area (Å²) in [5.74, 6) is 0.415. The fourth-order valence-electron chi connectivity index (χ4n) is 4.60. The number of halogens is 2. The second-order valence-corrected chi connectivity index (χ2v) is 7.46. The molecule has 144 valence electrons. The topological polar surface area (TPSA) is 45.2 Å². The molecule has 1 amide bonds. The molecule has 2 saturated heterocycles. The maximum atomic E-state index is 13.9. The Labute approximate surface area is 169 Å². The molecule has 3 atom stereocenters. The zero-order valence-corrected chi connectivity index (χ0v) is 16.0. The molecular formula is C22H21ClFN3O. The van der Waals surface area contributed by atoms with Gasteiger partial charge in [0.05, 0.1) is 17.1 Å². The van der Waals surface area contributed by atoms with E-state index in [1.165, 1.54) is 6.07 Å². The van der Waals surface area contributed by atoms with Crippen molar-refractivity contribution in [3.8, 4) is 0 Å². The number of hydrogen-bond acceptors (Lipinski definition) is 3. The minimum absolute atomic E-state index is 0. The molecule has 4 nitrogen and oxygen atoms in total. The lowest BCUT2D eigenvalue weighted by Gasteiger charge is -2.28. The molecule has 1 aromatic heterocycles. The van der Waals surface area contributed by atoms with E-state index in [0.29, 0.717) is 23.9 Å². The summed E-state index contributed by atoms with van der Waals surface area (Å²) in [5, 5.41) is 4.37. The van der Waals surface area contributed by atoms with Crippen molar-refractivity contribution in [3.05, 3.63) is 77.7 Å². The minimum atomic E-state index is -0.262. The number of nitrogens with zero attached hydrogens (tertiary/aromatic N) is 2. The maximum absolute atomic E-state index is 13.9. The first-order valence-corrected chi connectivity index (χ1v) is 9.32. The lowest BCUT2D eigenvalue weighted by molar-refractivity contribution is 0.0713. The van der Waals surface area contributed by atoms with E-state index in [9.17, 15) is 9.18 Å². The van der Waals surface area contributed by atoms with Crippen LogP contribution in [0.2, 0.25) is 0 Å². The number of benzene rings is 2. The van der Waals surface area contributed by atoms with Gasteiger partial charge in [-0.2, -0.15) is 0 Å². The van der Waals surface area contributed by atoms with E-state index in [1.807, 2.05) is 41.3 Å². The van der Waals surface area contributed by atoms with Crippen LogP contribution in [0, 0.1) is 17.7 Å². The number of pyridine rings is 1. The maximum Gasteiger partial charge on any atom is 0.255 e. The molecule has 2 aliphatic rings. The largest absolute Gasteiger partial charge is 0.331 e. The molecule has 5 rings (SSSR count). The highest BCUT2D eigenvalue weighted by Crippen LogP contribution is 2.43. The van der Waals surface area contributed by atoms with E-state index < -0.39 is 0 Å². The molecule has 2 fully saturated rings. The number of aromatic nitrogens is 1. The summed E-state index contributed by atoms with van der Waals surface area (Å²) in [6.07, 6.45) is 1.65. The Bertz CT molecular complexity index is 1030. The number of amides is 1. The number of rotatable bonds is 2. The molecule has 2 aliphatic heterocycles. The van der Waals surface area contributed by atoms with Crippen LogP contribution in [0.15, 0.2) is 60.8 Å². The molecule has 0 bridgehead atoms. The van der Waals surface area contributed by atoms with Gasteiger partial charge < -0.3 is 10.2 Å². The first-order chi connectivity index (χ1) is 13.2. The van der Waals surface area contributed by atoms with Crippen LogP contribution in [0.3, 0.4) is 0 Å². The van der Waals surface area contributed by atoms with Crippen LogP contribution in [-0.2, 0) is 0 Å². The Hall–Kier alpha value is -2.50. The van der Waals surface area contributed by atoms with Gasteiger partial charge in [0.15, 0.2) is 0 Å². The van der Waals surface area contributed by atoms with Crippen molar-refractivity contribution in [3.63, 3.8) is 0 Å². The standard InChI is InChI=1S/C22H20FN3O.ClH/c23-18-6-3-5-15(9-18)21-19-12-24-10-17(19)13-26(21)22(27)16-8-14-4-1-2-7-20(14)25-11-16;/h1-9,11,17,19,21,24H,10,12-13H2;1H/t17-,19-,21+;/m0./s1. The molecule has 0 spiro atoms. The predicted molar refractivity (Wildman–Crippen MR) is 109 cm³/mol. The van der Waals surface area contributed by atoms with E-state index in [1.54, 1.807) is 18.3 Å². The van der Waals surface area contributed by atoms with Crippen LogP contribution in [0.25, 0.3) is 10.9 Å². The van der Waals surface area contributed by atoms with Crippen LogP contribution >= 0.6 is 12.4 Å². The number of carbonyl (C=O) groups is 1. The molecule has 3 heterocycles. The number of para-hydroxylation sites is 1. The molecule has 6 heteroatoms. The van der Waals surface area contributed by atoms with E-state index in [2.05, 4.69) is 10.3 Å². The second-order valence-electron chi connectivity index (χ2n) is 7.46. The van der Waals surface area contributed by atoms with Crippen molar-refractivity contribution in [1.82, 2.24) is 15.2 Å². The first kappa shape index (κ1) is 18.8. The van der Waals surface area contributed by atoms with Gasteiger partial charge in [-0.15, -0.1) is 12.4 Å². The number of hydrogen-bond donors (Lipinski definition) is 1. The van der Waals surface area contributed by atoms with Gasteiger partial charge in [0.25, 0.3) is 5.91 Å². The number of fused-ring (bicyclic) bond motifs is 2. The minimum Gasteiger partial charge on any atom is -0.331 e. The van der Waals surface area contributed by atoms with Gasteiger partial charge in [-0.1, -0.05) is 30.3 Å². The molecule has 0 radical (unpaired) electrons. The highest BCUT2D eigenvalue weighted by molar-refractivity contribution is 5.97. The van der Waals surface area contributed by atoms with Crippen molar-refractivity contribution in [1.29, 1.82) is 0 Å². The predicted octanol–water partition coefficient (Wildman–Crippen LogP) is 3.83. The van der Waals surface area contributed by atoms with Crippen molar-refractivity contribution in [2.24, 2.45) is 11.8 Å². The molecule has 2 aromatic carbocycles. The molecule has 0 unspecified atom stereocenters. The van der Waals surface area contributed by atoms with E-state index in [-0.39, 0.29) is 30.2 Å². The average Bonchev–Trinajstić information content (AvgIpc) is 3.28. The Balaban J connectivity index is 0.00000192. The first-order valence-electron chi connectivity index (χ1n) is 9.32. The Morgan fingerprint density at radius 3 is 2.82 bits per heavy atom. The molecule has 1 N–H and O–H groups in total. The zero-order chi connectivity index (χ0) is 18.4. The van der Waals surface area contributed by atoms with Crippen LogP contribution < -0.4 is 5.32 Å². The van der Waals surface area contributed by atoms with Gasteiger partial charge in [0.1, 0.15) is 5.82 Å². The van der Waals surface area contributed by atoms with Gasteiger partial charge in [-0.25, -0.2) is 4.39 Å². The second kappa shape index (κ2) is 7.49. The van der Waals surface area contributed by atoms with Crippen molar-refractivity contribution >= 4 is 29.2 Å². The van der Waals surface area contributed by atoms with Crippen molar-refractivity contribution in [2.75, 3.05) is 19.6 Å². The van der Waals surface area contributed by atoms with E-state index in [0.717, 1.165) is 29.6 Å². The number of likely N-dealkylation sites (tertiary alicyclic amines) is 1. The summed E-state index contributed by atoms with van der Waals surface area (Å²) in [6.45, 7) is 2.44. The normalized spacial score (nSPS) is 23.5. The van der Waals surface area contributed by atoms with Crippen LogP contribution in [0.4, 0.5) is 4.39 Å². The van der Waals surface area contributed by atoms with E-state index in [4.69, 9.17) is 0 Å². The van der Waals surface area contributed by atoms with Gasteiger partial charge in [0.2, 0.25) is 0 Å². The third kappa shape index (κ3) is 3.15. The smallest absolute Gasteiger partial charge is 0.255 e. The number of carbonyl (C=O) groups excluding carboxylic acids is 1. The molecule has 0 saturated carbocycles.